The molecule has 7 heteroatoms. The molecule has 0 fully saturated rings. The van der Waals surface area contributed by atoms with E-state index in [0.717, 1.165) is 18.2 Å². The van der Waals surface area contributed by atoms with E-state index in [9.17, 15) is 13.2 Å². The lowest BCUT2D eigenvalue weighted by Crippen LogP contribution is -2.51. The molecule has 0 aliphatic carbocycles. The highest BCUT2D eigenvalue weighted by Crippen LogP contribution is 2.06. The molecule has 0 saturated heterocycles. The molecule has 6 nitrogen and oxygen atoms in total. The molecule has 0 radical (unpaired) electrons. The van der Waals surface area contributed by atoms with Crippen molar-refractivity contribution in [1.29, 1.82) is 0 Å². The summed E-state index contributed by atoms with van der Waals surface area (Å²) in [5.41, 5.74) is 6.33. The van der Waals surface area contributed by atoms with E-state index in [2.05, 4.69) is 10.0 Å². The Kier molecular flexibility index (Phi) is 5.88. The molecule has 0 saturated carbocycles. The number of hydrogen-bond donors (Lipinski definition) is 3. The third kappa shape index (κ3) is 6.70. The minimum atomic E-state index is -3.32. The molecule has 0 bridgehead atoms. The van der Waals surface area contributed by atoms with Crippen LogP contribution in [0.3, 0.4) is 0 Å². The number of hydrogen-bond acceptors (Lipinski definition) is 4. The lowest BCUT2D eigenvalue weighted by molar-refractivity contribution is 0.0944. The fraction of sp³-hybridized carbons (Fsp3) is 0.500. The van der Waals surface area contributed by atoms with E-state index in [4.69, 9.17) is 5.73 Å². The molecule has 0 atom stereocenters. The van der Waals surface area contributed by atoms with Crippen molar-refractivity contribution in [3.8, 4) is 0 Å². The Morgan fingerprint density at radius 1 is 1.24 bits per heavy atom. The topological polar surface area (TPSA) is 101 Å². The summed E-state index contributed by atoms with van der Waals surface area (Å²) in [4.78, 5) is 12.0. The highest BCUT2D eigenvalue weighted by Gasteiger charge is 2.22. The molecule has 4 N–H and O–H groups in total. The van der Waals surface area contributed by atoms with Crippen molar-refractivity contribution in [1.82, 2.24) is 10.0 Å². The third-order valence-corrected chi connectivity index (χ3v) is 3.73. The van der Waals surface area contributed by atoms with Gasteiger partial charge in [-0.1, -0.05) is 12.1 Å². The van der Waals surface area contributed by atoms with Gasteiger partial charge in [-0.05, 0) is 44.5 Å². The number of amides is 1. The predicted octanol–water partition coefficient (Wildman–Crippen LogP) is 0.245. The number of nitrogens with two attached hydrogens (primary N) is 1. The third-order valence-electron chi connectivity index (χ3n) is 2.80. The molecule has 0 aromatic heterocycles. The van der Waals surface area contributed by atoms with Crippen LogP contribution in [0, 0.1) is 0 Å². The van der Waals surface area contributed by atoms with E-state index < -0.39 is 15.6 Å². The molecule has 21 heavy (non-hydrogen) atoms. The van der Waals surface area contributed by atoms with Crippen molar-refractivity contribution in [3.05, 3.63) is 35.4 Å². The van der Waals surface area contributed by atoms with Crippen LogP contribution < -0.4 is 15.8 Å². The minimum Gasteiger partial charge on any atom is -0.350 e. The molecule has 1 amide bonds. The summed E-state index contributed by atoms with van der Waals surface area (Å²) in [6.45, 7) is 4.18. The van der Waals surface area contributed by atoms with Crippen LogP contribution in [0.15, 0.2) is 24.3 Å². The number of rotatable bonds is 7. The summed E-state index contributed by atoms with van der Waals surface area (Å²) >= 11 is 0. The van der Waals surface area contributed by atoms with Crippen molar-refractivity contribution in [3.63, 3.8) is 0 Å². The van der Waals surface area contributed by atoms with Gasteiger partial charge < -0.3 is 11.1 Å². The smallest absolute Gasteiger partial charge is 0.251 e. The van der Waals surface area contributed by atoms with Crippen LogP contribution in [0.4, 0.5) is 0 Å². The standard InChI is InChI=1S/C14H23N3O3S/c1-14(2,17-21(3,19)20)10-16-13(18)12-6-4-11(5-7-12)8-9-15/h4-7,17H,8-10,15H2,1-3H3,(H,16,18). The van der Waals surface area contributed by atoms with Crippen molar-refractivity contribution in [2.45, 2.75) is 25.8 Å². The Hall–Kier alpha value is -1.44. The van der Waals surface area contributed by atoms with Crippen LogP contribution in [0.2, 0.25) is 0 Å². The lowest BCUT2D eigenvalue weighted by Gasteiger charge is -2.25. The first-order valence-electron chi connectivity index (χ1n) is 6.69. The molecule has 0 spiro atoms. The number of sulfonamides is 1. The normalized spacial score (nSPS) is 12.2. The first kappa shape index (κ1) is 17.6. The second-order valence-electron chi connectivity index (χ2n) is 5.68. The zero-order valence-electron chi connectivity index (χ0n) is 12.6. The van der Waals surface area contributed by atoms with Crippen LogP contribution in [-0.4, -0.2) is 39.2 Å². The number of carbonyl (C=O) groups is 1. The van der Waals surface area contributed by atoms with Crippen LogP contribution in [-0.2, 0) is 16.4 Å². The lowest BCUT2D eigenvalue weighted by atomic mass is 10.1. The quantitative estimate of drug-likeness (QED) is 0.671. The monoisotopic (exact) mass is 313 g/mol. The summed E-state index contributed by atoms with van der Waals surface area (Å²) in [5, 5.41) is 2.72. The largest absolute Gasteiger partial charge is 0.350 e. The molecular formula is C14H23N3O3S. The van der Waals surface area contributed by atoms with Gasteiger partial charge >= 0.3 is 0 Å². The predicted molar refractivity (Wildman–Crippen MR) is 83.6 cm³/mol. The van der Waals surface area contributed by atoms with E-state index in [1.807, 2.05) is 12.1 Å². The van der Waals surface area contributed by atoms with Gasteiger partial charge in [0.05, 0.1) is 6.26 Å². The fourth-order valence-electron chi connectivity index (χ4n) is 1.93. The fourth-order valence-corrected chi connectivity index (χ4v) is 3.01. The van der Waals surface area contributed by atoms with Gasteiger partial charge in [0, 0.05) is 17.6 Å². The molecule has 0 aliphatic heterocycles. The summed E-state index contributed by atoms with van der Waals surface area (Å²) in [5.74, 6) is -0.238. The van der Waals surface area contributed by atoms with Gasteiger partial charge in [0.1, 0.15) is 0 Å². The molecule has 0 heterocycles. The Morgan fingerprint density at radius 2 is 1.81 bits per heavy atom. The Balaban J connectivity index is 2.61. The van der Waals surface area contributed by atoms with Crippen LogP contribution in [0.5, 0.6) is 0 Å². The summed E-state index contributed by atoms with van der Waals surface area (Å²) < 4.78 is 24.9. The van der Waals surface area contributed by atoms with Gasteiger partial charge in [0.25, 0.3) is 5.91 Å². The molecule has 1 aromatic carbocycles. The van der Waals surface area contributed by atoms with E-state index >= 15 is 0 Å². The van der Waals surface area contributed by atoms with E-state index in [-0.39, 0.29) is 12.5 Å². The Bertz CT molecular complexity index is 580. The Labute approximate surface area is 126 Å². The zero-order chi connectivity index (χ0) is 16.1. The molecule has 1 rings (SSSR count). The van der Waals surface area contributed by atoms with Crippen molar-refractivity contribution >= 4 is 15.9 Å². The van der Waals surface area contributed by atoms with Crippen LogP contribution in [0.25, 0.3) is 0 Å². The highest BCUT2D eigenvalue weighted by atomic mass is 32.2. The summed E-state index contributed by atoms with van der Waals surface area (Å²) in [7, 11) is -3.32. The van der Waals surface area contributed by atoms with Crippen LogP contribution >= 0.6 is 0 Å². The second kappa shape index (κ2) is 7.02. The first-order valence-corrected chi connectivity index (χ1v) is 8.58. The number of benzene rings is 1. The van der Waals surface area contributed by atoms with E-state index in [1.54, 1.807) is 26.0 Å². The SMILES string of the molecule is CC(C)(CNC(=O)c1ccc(CCN)cc1)NS(C)(=O)=O. The first-order chi connectivity index (χ1) is 9.63. The second-order valence-corrected chi connectivity index (χ2v) is 7.42. The average Bonchev–Trinajstić information content (AvgIpc) is 2.34. The number of carbonyl (C=O) groups excluding carboxylic acids is 1. The summed E-state index contributed by atoms with van der Waals surface area (Å²) in [6, 6.07) is 7.19. The average molecular weight is 313 g/mol. The van der Waals surface area contributed by atoms with Gasteiger partial charge in [-0.2, -0.15) is 0 Å². The Morgan fingerprint density at radius 3 is 2.29 bits per heavy atom. The van der Waals surface area contributed by atoms with Crippen LogP contribution in [0.1, 0.15) is 29.8 Å². The van der Waals surface area contributed by atoms with Crippen molar-refractivity contribution in [2.75, 3.05) is 19.3 Å². The van der Waals surface area contributed by atoms with E-state index in [1.165, 1.54) is 0 Å². The van der Waals surface area contributed by atoms with Crippen molar-refractivity contribution in [2.24, 2.45) is 5.73 Å². The maximum Gasteiger partial charge on any atom is 0.251 e. The highest BCUT2D eigenvalue weighted by molar-refractivity contribution is 7.88. The van der Waals surface area contributed by atoms with Gasteiger partial charge in [-0.25, -0.2) is 13.1 Å². The van der Waals surface area contributed by atoms with Crippen molar-refractivity contribution < 1.29 is 13.2 Å². The minimum absolute atomic E-state index is 0.198. The van der Waals surface area contributed by atoms with E-state index in [0.29, 0.717) is 12.1 Å². The number of nitrogens with one attached hydrogen (secondary N) is 2. The molecule has 1 aromatic rings. The van der Waals surface area contributed by atoms with Gasteiger partial charge in [0.2, 0.25) is 10.0 Å². The maximum atomic E-state index is 12.0. The van der Waals surface area contributed by atoms with Gasteiger partial charge in [-0.15, -0.1) is 0 Å². The summed E-state index contributed by atoms with van der Waals surface area (Å²) in [6.07, 6.45) is 1.86. The molecular weight excluding hydrogens is 290 g/mol. The zero-order valence-corrected chi connectivity index (χ0v) is 13.5. The molecule has 0 aliphatic rings. The van der Waals surface area contributed by atoms with Gasteiger partial charge in [0.15, 0.2) is 0 Å². The van der Waals surface area contributed by atoms with Gasteiger partial charge in [-0.3, -0.25) is 4.79 Å². The molecule has 118 valence electrons. The maximum absolute atomic E-state index is 12.0. The molecule has 0 unspecified atom stereocenters.